The van der Waals surface area contributed by atoms with Gasteiger partial charge in [0.1, 0.15) is 0 Å². The molecule has 0 saturated heterocycles. The number of nitrogens with one attached hydrogen (secondary N) is 1. The highest BCUT2D eigenvalue weighted by Gasteiger charge is 2.18. The zero-order valence-electron chi connectivity index (χ0n) is 8.47. The minimum absolute atomic E-state index is 0.134. The van der Waals surface area contributed by atoms with Crippen LogP contribution in [-0.2, 0) is 11.3 Å². The van der Waals surface area contributed by atoms with Crippen molar-refractivity contribution in [3.05, 3.63) is 5.89 Å². The number of rotatable bonds is 4. The van der Waals surface area contributed by atoms with Gasteiger partial charge in [0.2, 0.25) is 11.8 Å². The lowest BCUT2D eigenvalue weighted by Crippen LogP contribution is -2.39. The lowest BCUT2D eigenvalue weighted by atomic mass is 10.4. The number of imide groups is 1. The second-order valence-electron chi connectivity index (χ2n) is 2.78. The van der Waals surface area contributed by atoms with Gasteiger partial charge in [0.25, 0.3) is 5.22 Å². The van der Waals surface area contributed by atoms with Crippen molar-refractivity contribution < 1.29 is 14.0 Å². The maximum Gasteiger partial charge on any atom is 0.318 e. The summed E-state index contributed by atoms with van der Waals surface area (Å²) in [5.41, 5.74) is 10.1. The van der Waals surface area contributed by atoms with E-state index in [1.165, 1.54) is 0 Å². The minimum atomic E-state index is -0.898. The Hall–Kier alpha value is -1.61. The van der Waals surface area contributed by atoms with E-state index in [1.54, 1.807) is 6.92 Å². The number of hydrogen-bond acceptors (Lipinski definition) is 7. The summed E-state index contributed by atoms with van der Waals surface area (Å²) in [5.74, 6) is -0.241. The van der Waals surface area contributed by atoms with Crippen molar-refractivity contribution in [1.29, 1.82) is 0 Å². The summed E-state index contributed by atoms with van der Waals surface area (Å²) in [6.07, 6.45) is 0. The summed E-state index contributed by atoms with van der Waals surface area (Å²) in [7, 11) is 0. The Morgan fingerprint density at radius 2 is 2.25 bits per heavy atom. The molecule has 1 aromatic rings. The number of nitrogens with two attached hydrogens (primary N) is 2. The molecule has 0 aromatic carbocycles. The third kappa shape index (κ3) is 3.51. The number of carbonyl (C=O) groups excluding carboxylic acids is 2. The van der Waals surface area contributed by atoms with E-state index in [0.29, 0.717) is 0 Å². The zero-order valence-corrected chi connectivity index (χ0v) is 9.28. The topological polar surface area (TPSA) is 137 Å². The Balaban J connectivity index is 2.53. The molecule has 88 valence electrons. The number of carbonyl (C=O) groups is 2. The number of aromatic nitrogens is 2. The van der Waals surface area contributed by atoms with E-state index < -0.39 is 17.2 Å². The summed E-state index contributed by atoms with van der Waals surface area (Å²) in [6, 6.07) is -0.898. The molecule has 5 N–H and O–H groups in total. The van der Waals surface area contributed by atoms with Crippen LogP contribution in [0.1, 0.15) is 12.8 Å². The maximum absolute atomic E-state index is 11.3. The van der Waals surface area contributed by atoms with E-state index in [0.717, 1.165) is 11.8 Å². The lowest BCUT2D eigenvalue weighted by molar-refractivity contribution is -0.119. The molecular weight excluding hydrogens is 234 g/mol. The van der Waals surface area contributed by atoms with Crippen LogP contribution in [-0.4, -0.2) is 27.4 Å². The van der Waals surface area contributed by atoms with Crippen molar-refractivity contribution in [3.8, 4) is 0 Å². The van der Waals surface area contributed by atoms with Crippen molar-refractivity contribution in [1.82, 2.24) is 15.5 Å². The first-order valence-corrected chi connectivity index (χ1v) is 5.20. The monoisotopic (exact) mass is 245 g/mol. The molecule has 0 aliphatic carbocycles. The summed E-state index contributed by atoms with van der Waals surface area (Å²) >= 11 is 1.01. The SMILES string of the molecule is CC(Sc1nnc(CN)o1)C(=O)NC(N)=O. The number of thioether (sulfide) groups is 1. The van der Waals surface area contributed by atoms with Crippen LogP contribution in [0, 0.1) is 0 Å². The molecule has 0 radical (unpaired) electrons. The molecule has 0 aliphatic heterocycles. The Labute approximate surface area is 95.1 Å². The zero-order chi connectivity index (χ0) is 12.1. The van der Waals surface area contributed by atoms with Crippen LogP contribution in [0.3, 0.4) is 0 Å². The summed E-state index contributed by atoms with van der Waals surface area (Å²) < 4.78 is 5.08. The highest BCUT2D eigenvalue weighted by Crippen LogP contribution is 2.21. The Morgan fingerprint density at radius 1 is 1.56 bits per heavy atom. The van der Waals surface area contributed by atoms with Gasteiger partial charge in [-0.3, -0.25) is 10.1 Å². The van der Waals surface area contributed by atoms with Crippen LogP contribution in [0.25, 0.3) is 0 Å². The molecule has 0 fully saturated rings. The highest BCUT2D eigenvalue weighted by atomic mass is 32.2. The molecular formula is C7H11N5O3S. The van der Waals surface area contributed by atoms with E-state index in [2.05, 4.69) is 10.2 Å². The van der Waals surface area contributed by atoms with E-state index in [9.17, 15) is 9.59 Å². The normalized spacial score (nSPS) is 12.1. The molecule has 0 aliphatic rings. The fourth-order valence-electron chi connectivity index (χ4n) is 0.796. The average molecular weight is 245 g/mol. The Bertz CT molecular complexity index is 393. The molecule has 1 aromatic heterocycles. The first-order valence-electron chi connectivity index (χ1n) is 4.32. The predicted molar refractivity (Wildman–Crippen MR) is 55.2 cm³/mol. The van der Waals surface area contributed by atoms with Gasteiger partial charge in [0.05, 0.1) is 11.8 Å². The van der Waals surface area contributed by atoms with Gasteiger partial charge in [-0.25, -0.2) is 4.79 Å². The van der Waals surface area contributed by atoms with Gasteiger partial charge in [-0.2, -0.15) is 0 Å². The molecule has 3 amide bonds. The Kier molecular flexibility index (Phi) is 4.26. The van der Waals surface area contributed by atoms with Gasteiger partial charge in [-0.05, 0) is 6.92 Å². The van der Waals surface area contributed by atoms with Crippen molar-refractivity contribution >= 4 is 23.7 Å². The van der Waals surface area contributed by atoms with E-state index in [4.69, 9.17) is 15.9 Å². The molecule has 1 atom stereocenters. The Morgan fingerprint density at radius 3 is 2.75 bits per heavy atom. The number of primary amides is 1. The summed E-state index contributed by atoms with van der Waals surface area (Å²) in [6.45, 7) is 1.71. The third-order valence-corrected chi connectivity index (χ3v) is 2.45. The first kappa shape index (κ1) is 12.5. The fourth-order valence-corrected chi connectivity index (χ4v) is 1.50. The lowest BCUT2D eigenvalue weighted by Gasteiger charge is -2.06. The molecule has 0 bridgehead atoms. The van der Waals surface area contributed by atoms with Crippen LogP contribution in [0.5, 0.6) is 0 Å². The standard InChI is InChI=1S/C7H11N5O3S/c1-3(5(13)10-6(9)14)16-7-12-11-4(2-8)15-7/h3H,2,8H2,1H3,(H3,9,10,13,14). The molecule has 0 spiro atoms. The van der Waals surface area contributed by atoms with Crippen molar-refractivity contribution in [2.75, 3.05) is 0 Å². The van der Waals surface area contributed by atoms with Crippen LogP contribution in [0.4, 0.5) is 4.79 Å². The third-order valence-electron chi connectivity index (χ3n) is 1.52. The summed E-state index contributed by atoms with van der Waals surface area (Å²) in [5, 5.41) is 8.87. The maximum atomic E-state index is 11.3. The number of urea groups is 1. The second-order valence-corrected chi connectivity index (χ2v) is 4.07. The molecule has 16 heavy (non-hydrogen) atoms. The molecule has 9 heteroatoms. The first-order chi connectivity index (χ1) is 7.52. The highest BCUT2D eigenvalue weighted by molar-refractivity contribution is 8.00. The van der Waals surface area contributed by atoms with Gasteiger partial charge in [-0.1, -0.05) is 11.8 Å². The largest absolute Gasteiger partial charge is 0.415 e. The fraction of sp³-hybridized carbons (Fsp3) is 0.429. The van der Waals surface area contributed by atoms with E-state index >= 15 is 0 Å². The number of amides is 3. The van der Waals surface area contributed by atoms with E-state index in [1.807, 2.05) is 5.32 Å². The molecule has 1 heterocycles. The quantitative estimate of drug-likeness (QED) is 0.590. The van der Waals surface area contributed by atoms with Crippen molar-refractivity contribution in [2.45, 2.75) is 23.9 Å². The molecule has 0 saturated carbocycles. The van der Waals surface area contributed by atoms with Crippen molar-refractivity contribution in [3.63, 3.8) is 0 Å². The molecule has 1 unspecified atom stereocenters. The van der Waals surface area contributed by atoms with Gasteiger partial charge >= 0.3 is 6.03 Å². The van der Waals surface area contributed by atoms with Gasteiger partial charge in [-0.15, -0.1) is 10.2 Å². The van der Waals surface area contributed by atoms with Crippen LogP contribution in [0.15, 0.2) is 9.64 Å². The van der Waals surface area contributed by atoms with Gasteiger partial charge < -0.3 is 15.9 Å². The molecule has 8 nitrogen and oxygen atoms in total. The van der Waals surface area contributed by atoms with Crippen LogP contribution < -0.4 is 16.8 Å². The number of hydrogen-bond donors (Lipinski definition) is 3. The van der Waals surface area contributed by atoms with Gasteiger partial charge in [0.15, 0.2) is 0 Å². The van der Waals surface area contributed by atoms with Crippen LogP contribution >= 0.6 is 11.8 Å². The smallest absolute Gasteiger partial charge is 0.318 e. The summed E-state index contributed by atoms with van der Waals surface area (Å²) in [4.78, 5) is 21.7. The van der Waals surface area contributed by atoms with Crippen LogP contribution in [0.2, 0.25) is 0 Å². The van der Waals surface area contributed by atoms with Crippen molar-refractivity contribution in [2.24, 2.45) is 11.5 Å². The average Bonchev–Trinajstić information content (AvgIpc) is 2.64. The predicted octanol–water partition coefficient (Wildman–Crippen LogP) is -0.796. The van der Waals surface area contributed by atoms with E-state index in [-0.39, 0.29) is 17.7 Å². The number of nitrogens with zero attached hydrogens (tertiary/aromatic N) is 2. The second kappa shape index (κ2) is 5.47. The molecule has 1 rings (SSSR count). The minimum Gasteiger partial charge on any atom is -0.415 e. The van der Waals surface area contributed by atoms with Gasteiger partial charge in [0, 0.05) is 0 Å².